The molecule has 0 radical (unpaired) electrons. The number of aryl methyl sites for hydroxylation is 1. The summed E-state index contributed by atoms with van der Waals surface area (Å²) in [6.07, 6.45) is 1.70. The molecule has 0 unspecified atom stereocenters. The first-order chi connectivity index (χ1) is 8.96. The van der Waals surface area contributed by atoms with Crippen LogP contribution in [0.2, 0.25) is 0 Å². The third kappa shape index (κ3) is 3.50. The number of hydrogen-bond acceptors (Lipinski definition) is 5. The Morgan fingerprint density at radius 3 is 2.53 bits per heavy atom. The molecular weight excluding hydrogens is 264 g/mol. The molecule has 0 fully saturated rings. The van der Waals surface area contributed by atoms with Crippen LogP contribution >= 0.6 is 12.2 Å². The van der Waals surface area contributed by atoms with E-state index < -0.39 is 5.41 Å². The zero-order valence-electron chi connectivity index (χ0n) is 11.5. The van der Waals surface area contributed by atoms with Crippen molar-refractivity contribution in [3.05, 3.63) is 11.7 Å². The maximum atomic E-state index is 12.2. The topological polar surface area (TPSA) is 94.0 Å². The van der Waals surface area contributed by atoms with Crippen molar-refractivity contribution in [2.75, 3.05) is 6.54 Å². The minimum Gasteiger partial charge on any atom is -0.392 e. The van der Waals surface area contributed by atoms with Gasteiger partial charge in [0.1, 0.15) is 0 Å². The van der Waals surface area contributed by atoms with Gasteiger partial charge < -0.3 is 15.6 Å². The lowest BCUT2D eigenvalue weighted by molar-refractivity contribution is -0.127. The highest BCUT2D eigenvalue weighted by Gasteiger charge is 2.37. The van der Waals surface area contributed by atoms with Crippen LogP contribution in [0, 0.1) is 12.3 Å². The lowest BCUT2D eigenvalue weighted by Gasteiger charge is -2.28. The van der Waals surface area contributed by atoms with Gasteiger partial charge in [-0.05, 0) is 12.8 Å². The average molecular weight is 284 g/mol. The summed E-state index contributed by atoms with van der Waals surface area (Å²) in [6.45, 7) is 5.97. The molecule has 0 aromatic carbocycles. The van der Waals surface area contributed by atoms with E-state index in [4.69, 9.17) is 22.5 Å². The molecule has 3 N–H and O–H groups in total. The van der Waals surface area contributed by atoms with Gasteiger partial charge in [0.25, 0.3) is 0 Å². The lowest BCUT2D eigenvalue weighted by atomic mass is 9.81. The number of carbonyl (C=O) groups excluding carboxylic acids is 1. The van der Waals surface area contributed by atoms with Crippen molar-refractivity contribution in [1.82, 2.24) is 15.5 Å². The number of nitrogens with zero attached hydrogens (tertiary/aromatic N) is 2. The first-order valence-corrected chi connectivity index (χ1v) is 6.74. The number of amides is 1. The number of thiocarbonyl (C=S) groups is 1. The third-order valence-corrected chi connectivity index (χ3v) is 3.71. The summed E-state index contributed by atoms with van der Waals surface area (Å²) in [6, 6.07) is 0. The van der Waals surface area contributed by atoms with Crippen LogP contribution in [0.25, 0.3) is 0 Å². The standard InChI is InChI=1S/C12H20N4O2S/c1-4-12(5-2,10(13)19)11(17)14-7-6-9-15-8(3)18-16-9/h4-7H2,1-3H3,(H2,13,19)(H,14,17). The van der Waals surface area contributed by atoms with E-state index in [9.17, 15) is 4.79 Å². The van der Waals surface area contributed by atoms with Gasteiger partial charge in [-0.15, -0.1) is 0 Å². The quantitative estimate of drug-likeness (QED) is 0.729. The summed E-state index contributed by atoms with van der Waals surface area (Å²) in [5.74, 6) is 0.956. The molecule has 1 aromatic heterocycles. The molecular formula is C12H20N4O2S. The Morgan fingerprint density at radius 1 is 1.47 bits per heavy atom. The Morgan fingerprint density at radius 2 is 2.11 bits per heavy atom. The molecule has 0 saturated heterocycles. The first kappa shape index (κ1) is 15.6. The van der Waals surface area contributed by atoms with Gasteiger partial charge in [0, 0.05) is 19.9 Å². The second kappa shape index (κ2) is 6.60. The third-order valence-electron chi connectivity index (χ3n) is 3.32. The fourth-order valence-corrected chi connectivity index (χ4v) is 2.31. The molecule has 0 aliphatic rings. The summed E-state index contributed by atoms with van der Waals surface area (Å²) < 4.78 is 4.86. The zero-order valence-corrected chi connectivity index (χ0v) is 12.3. The van der Waals surface area contributed by atoms with Crippen LogP contribution in [0.5, 0.6) is 0 Å². The number of hydrogen-bond donors (Lipinski definition) is 2. The van der Waals surface area contributed by atoms with Crippen molar-refractivity contribution < 1.29 is 9.32 Å². The van der Waals surface area contributed by atoms with Crippen molar-refractivity contribution in [3.8, 4) is 0 Å². The first-order valence-electron chi connectivity index (χ1n) is 6.33. The van der Waals surface area contributed by atoms with Crippen LogP contribution in [0.15, 0.2) is 4.52 Å². The van der Waals surface area contributed by atoms with Crippen LogP contribution in [0.1, 0.15) is 38.4 Å². The van der Waals surface area contributed by atoms with E-state index in [0.29, 0.717) is 37.5 Å². The summed E-state index contributed by atoms with van der Waals surface area (Å²) in [5.41, 5.74) is 4.95. The van der Waals surface area contributed by atoms with Crippen molar-refractivity contribution >= 4 is 23.1 Å². The molecule has 0 atom stereocenters. The number of nitrogens with two attached hydrogens (primary N) is 1. The molecule has 6 nitrogen and oxygen atoms in total. The highest BCUT2D eigenvalue weighted by atomic mass is 32.1. The van der Waals surface area contributed by atoms with E-state index in [0.717, 1.165) is 0 Å². The van der Waals surface area contributed by atoms with Gasteiger partial charge in [-0.1, -0.05) is 31.2 Å². The van der Waals surface area contributed by atoms with E-state index in [1.54, 1.807) is 6.92 Å². The van der Waals surface area contributed by atoms with Gasteiger partial charge in [0.15, 0.2) is 5.82 Å². The zero-order chi connectivity index (χ0) is 14.5. The molecule has 106 valence electrons. The monoisotopic (exact) mass is 284 g/mol. The molecule has 0 spiro atoms. The van der Waals surface area contributed by atoms with E-state index in [1.807, 2.05) is 13.8 Å². The summed E-state index contributed by atoms with van der Waals surface area (Å²) >= 11 is 5.03. The molecule has 0 saturated carbocycles. The summed E-state index contributed by atoms with van der Waals surface area (Å²) in [5, 5.41) is 6.60. The Balaban J connectivity index is 2.56. The fraction of sp³-hybridized carbons (Fsp3) is 0.667. The molecule has 0 bridgehead atoms. The van der Waals surface area contributed by atoms with Crippen molar-refractivity contribution in [1.29, 1.82) is 0 Å². The van der Waals surface area contributed by atoms with E-state index in [2.05, 4.69) is 15.5 Å². The van der Waals surface area contributed by atoms with Crippen LogP contribution < -0.4 is 11.1 Å². The SMILES string of the molecule is CCC(CC)(C(=O)NCCc1noc(C)n1)C(N)=S. The number of carbonyl (C=O) groups is 1. The fourth-order valence-electron chi connectivity index (χ4n) is 1.93. The van der Waals surface area contributed by atoms with Crippen molar-refractivity contribution in [2.24, 2.45) is 11.1 Å². The second-order valence-electron chi connectivity index (χ2n) is 4.39. The van der Waals surface area contributed by atoms with Gasteiger partial charge >= 0.3 is 0 Å². The van der Waals surface area contributed by atoms with Crippen molar-refractivity contribution in [2.45, 2.75) is 40.0 Å². The molecule has 1 aromatic rings. The van der Waals surface area contributed by atoms with E-state index in [-0.39, 0.29) is 10.9 Å². The predicted molar refractivity (Wildman–Crippen MR) is 75.5 cm³/mol. The van der Waals surface area contributed by atoms with Gasteiger partial charge in [-0.25, -0.2) is 0 Å². The second-order valence-corrected chi connectivity index (χ2v) is 4.83. The van der Waals surface area contributed by atoms with Crippen LogP contribution in [0.4, 0.5) is 0 Å². The van der Waals surface area contributed by atoms with Gasteiger partial charge in [-0.2, -0.15) is 4.98 Å². The minimum absolute atomic E-state index is 0.134. The van der Waals surface area contributed by atoms with Gasteiger partial charge in [-0.3, -0.25) is 4.79 Å². The van der Waals surface area contributed by atoms with Crippen LogP contribution in [-0.4, -0.2) is 27.6 Å². The molecule has 0 aliphatic carbocycles. The molecule has 1 amide bonds. The molecule has 19 heavy (non-hydrogen) atoms. The summed E-state index contributed by atoms with van der Waals surface area (Å²) in [7, 11) is 0. The van der Waals surface area contributed by atoms with Gasteiger partial charge in [0.05, 0.1) is 10.4 Å². The van der Waals surface area contributed by atoms with E-state index >= 15 is 0 Å². The highest BCUT2D eigenvalue weighted by Crippen LogP contribution is 2.27. The molecule has 1 rings (SSSR count). The number of nitrogens with one attached hydrogen (secondary N) is 1. The smallest absolute Gasteiger partial charge is 0.233 e. The summed E-state index contributed by atoms with van der Waals surface area (Å²) in [4.78, 5) is 16.5. The molecule has 1 heterocycles. The molecule has 0 aliphatic heterocycles. The van der Waals surface area contributed by atoms with Crippen LogP contribution in [-0.2, 0) is 11.2 Å². The maximum absolute atomic E-state index is 12.2. The normalized spacial score (nSPS) is 11.3. The number of rotatable bonds is 7. The largest absolute Gasteiger partial charge is 0.392 e. The Bertz CT molecular complexity index is 454. The molecule has 7 heteroatoms. The van der Waals surface area contributed by atoms with E-state index in [1.165, 1.54) is 0 Å². The minimum atomic E-state index is -0.761. The lowest BCUT2D eigenvalue weighted by Crippen LogP contribution is -2.48. The van der Waals surface area contributed by atoms with Crippen molar-refractivity contribution in [3.63, 3.8) is 0 Å². The predicted octanol–water partition coefficient (Wildman–Crippen LogP) is 1.13. The highest BCUT2D eigenvalue weighted by molar-refractivity contribution is 7.80. The Hall–Kier alpha value is -1.50. The van der Waals surface area contributed by atoms with Gasteiger partial charge in [0.2, 0.25) is 11.8 Å². The van der Waals surface area contributed by atoms with Crippen LogP contribution in [0.3, 0.4) is 0 Å². The maximum Gasteiger partial charge on any atom is 0.233 e. The number of aromatic nitrogens is 2. The Kier molecular flexibility index (Phi) is 5.41. The average Bonchev–Trinajstić information content (AvgIpc) is 2.77. The Labute approximate surface area is 118 Å².